The lowest BCUT2D eigenvalue weighted by Gasteiger charge is -2.29. The highest BCUT2D eigenvalue weighted by molar-refractivity contribution is 6.01. The number of nitrogens with zero attached hydrogens (tertiary/aromatic N) is 3. The van der Waals surface area contributed by atoms with E-state index in [4.69, 9.17) is 5.26 Å². The summed E-state index contributed by atoms with van der Waals surface area (Å²) in [5.74, 6) is 0.370. The zero-order valence-electron chi connectivity index (χ0n) is 13.5. The fraction of sp³-hybridized carbons (Fsp3) is 0.333. The van der Waals surface area contributed by atoms with E-state index in [2.05, 4.69) is 15.0 Å². The lowest BCUT2D eigenvalue weighted by molar-refractivity contribution is 0.307. The minimum Gasteiger partial charge on any atom is -0.346 e. The maximum Gasteiger partial charge on any atom is 0.329 e. The van der Waals surface area contributed by atoms with Crippen molar-refractivity contribution < 1.29 is 0 Å². The highest BCUT2D eigenvalue weighted by Crippen LogP contribution is 2.34. The SMILES string of the molecule is N#CC=CC1CCC(n2c(=O)[nH]c(=O)c3cnc4[nH]ccc4c32)CC1. The molecule has 0 amide bonds. The molecule has 0 spiro atoms. The maximum atomic E-state index is 12.6. The number of nitriles is 1. The molecule has 0 radical (unpaired) electrons. The quantitative estimate of drug-likeness (QED) is 0.701. The topological polar surface area (TPSA) is 107 Å². The molecule has 3 heterocycles. The first kappa shape index (κ1) is 15.4. The van der Waals surface area contributed by atoms with E-state index in [0.717, 1.165) is 31.1 Å². The Labute approximate surface area is 142 Å². The van der Waals surface area contributed by atoms with Gasteiger partial charge < -0.3 is 4.98 Å². The predicted molar refractivity (Wildman–Crippen MR) is 94.2 cm³/mol. The molecule has 1 fully saturated rings. The standard InChI is InChI=1S/C18H17N5O2/c19-8-1-2-11-3-5-12(6-4-11)23-15-13-7-9-20-16(13)21-10-14(15)17(24)22-18(23)25/h1-2,7,9-12H,3-6H2,(H,20,21)(H,22,24,25). The molecule has 3 aromatic rings. The van der Waals surface area contributed by atoms with E-state index in [9.17, 15) is 9.59 Å². The summed E-state index contributed by atoms with van der Waals surface area (Å²) in [6.45, 7) is 0. The van der Waals surface area contributed by atoms with E-state index in [-0.39, 0.29) is 11.7 Å². The number of pyridine rings is 1. The van der Waals surface area contributed by atoms with Crippen LogP contribution < -0.4 is 11.2 Å². The van der Waals surface area contributed by atoms with E-state index >= 15 is 0 Å². The van der Waals surface area contributed by atoms with Crippen molar-refractivity contribution in [2.75, 3.05) is 0 Å². The van der Waals surface area contributed by atoms with Crippen LogP contribution >= 0.6 is 0 Å². The summed E-state index contributed by atoms with van der Waals surface area (Å²) in [5, 5.41) is 9.88. The summed E-state index contributed by atoms with van der Waals surface area (Å²) >= 11 is 0. The van der Waals surface area contributed by atoms with Gasteiger partial charge in [-0.3, -0.25) is 14.3 Å². The van der Waals surface area contributed by atoms with Crippen molar-refractivity contribution in [3.8, 4) is 6.07 Å². The van der Waals surface area contributed by atoms with E-state index in [1.165, 1.54) is 12.3 Å². The molecular weight excluding hydrogens is 318 g/mol. The van der Waals surface area contributed by atoms with Crippen LogP contribution in [0, 0.1) is 17.2 Å². The number of aromatic nitrogens is 4. The van der Waals surface area contributed by atoms with Crippen LogP contribution in [0.15, 0.2) is 40.2 Å². The number of allylic oxidation sites excluding steroid dienone is 2. The Morgan fingerprint density at radius 1 is 1.24 bits per heavy atom. The molecule has 0 unspecified atom stereocenters. The summed E-state index contributed by atoms with van der Waals surface area (Å²) in [5.41, 5.74) is 0.535. The normalized spacial score (nSPS) is 21.1. The van der Waals surface area contributed by atoms with Gasteiger partial charge in [-0.15, -0.1) is 0 Å². The van der Waals surface area contributed by atoms with Crippen molar-refractivity contribution in [1.82, 2.24) is 19.5 Å². The molecule has 0 atom stereocenters. The van der Waals surface area contributed by atoms with Gasteiger partial charge in [-0.05, 0) is 37.7 Å². The van der Waals surface area contributed by atoms with Gasteiger partial charge in [0.05, 0.1) is 17.0 Å². The number of H-pyrrole nitrogens is 2. The number of fused-ring (bicyclic) bond motifs is 3. The van der Waals surface area contributed by atoms with Gasteiger partial charge in [0, 0.05) is 29.9 Å². The molecule has 2 N–H and O–H groups in total. The third kappa shape index (κ3) is 2.56. The minimum atomic E-state index is -0.405. The molecule has 126 valence electrons. The average Bonchev–Trinajstić information content (AvgIpc) is 3.10. The van der Waals surface area contributed by atoms with Crippen molar-refractivity contribution in [3.63, 3.8) is 0 Å². The fourth-order valence-corrected chi connectivity index (χ4v) is 3.83. The van der Waals surface area contributed by atoms with E-state index < -0.39 is 5.56 Å². The Morgan fingerprint density at radius 3 is 2.80 bits per heavy atom. The number of nitrogens with one attached hydrogen (secondary N) is 2. The molecule has 1 saturated carbocycles. The second-order valence-electron chi connectivity index (χ2n) is 6.45. The van der Waals surface area contributed by atoms with Crippen LogP contribution in [-0.2, 0) is 0 Å². The van der Waals surface area contributed by atoms with Crippen LogP contribution in [0.2, 0.25) is 0 Å². The van der Waals surface area contributed by atoms with Gasteiger partial charge in [0.2, 0.25) is 0 Å². The van der Waals surface area contributed by atoms with Gasteiger partial charge in [-0.2, -0.15) is 5.26 Å². The molecule has 4 rings (SSSR count). The lowest BCUT2D eigenvalue weighted by Crippen LogP contribution is -2.34. The van der Waals surface area contributed by atoms with Gasteiger partial charge in [0.1, 0.15) is 5.65 Å². The minimum absolute atomic E-state index is 0.0269. The van der Waals surface area contributed by atoms with Crippen LogP contribution in [0.5, 0.6) is 0 Å². The molecule has 7 nitrogen and oxygen atoms in total. The van der Waals surface area contributed by atoms with Crippen molar-refractivity contribution >= 4 is 21.9 Å². The Balaban J connectivity index is 1.84. The fourth-order valence-electron chi connectivity index (χ4n) is 3.83. The molecule has 0 aromatic carbocycles. The molecule has 1 aliphatic rings. The zero-order chi connectivity index (χ0) is 17.4. The highest BCUT2D eigenvalue weighted by atomic mass is 16.2. The molecule has 7 heteroatoms. The van der Waals surface area contributed by atoms with Crippen molar-refractivity contribution in [1.29, 1.82) is 5.26 Å². The lowest BCUT2D eigenvalue weighted by atomic mass is 9.85. The maximum absolute atomic E-state index is 12.6. The van der Waals surface area contributed by atoms with Crippen LogP contribution in [0.4, 0.5) is 0 Å². The Morgan fingerprint density at radius 2 is 2.04 bits per heavy atom. The van der Waals surface area contributed by atoms with Crippen LogP contribution in [0.3, 0.4) is 0 Å². The third-order valence-corrected chi connectivity index (χ3v) is 5.03. The Kier molecular flexibility index (Phi) is 3.73. The van der Waals surface area contributed by atoms with E-state index in [1.807, 2.05) is 18.2 Å². The molecule has 0 saturated heterocycles. The summed E-state index contributed by atoms with van der Waals surface area (Å²) < 4.78 is 1.72. The Bertz CT molecular complexity index is 1120. The van der Waals surface area contributed by atoms with E-state index in [1.54, 1.807) is 10.8 Å². The van der Waals surface area contributed by atoms with Crippen LogP contribution in [0.1, 0.15) is 31.7 Å². The molecule has 0 aliphatic heterocycles. The third-order valence-electron chi connectivity index (χ3n) is 5.03. The van der Waals surface area contributed by atoms with Gasteiger partial charge in [-0.25, -0.2) is 9.78 Å². The number of aromatic amines is 2. The van der Waals surface area contributed by atoms with Crippen LogP contribution in [0.25, 0.3) is 21.9 Å². The smallest absolute Gasteiger partial charge is 0.329 e. The summed E-state index contributed by atoms with van der Waals surface area (Å²) in [6, 6.07) is 3.90. The average molecular weight is 335 g/mol. The molecule has 3 aromatic heterocycles. The summed E-state index contributed by atoms with van der Waals surface area (Å²) in [7, 11) is 0. The van der Waals surface area contributed by atoms with Gasteiger partial charge in [0.15, 0.2) is 0 Å². The first-order chi connectivity index (χ1) is 12.2. The van der Waals surface area contributed by atoms with Gasteiger partial charge >= 0.3 is 5.69 Å². The predicted octanol–water partition coefficient (Wildman–Crippen LogP) is 2.38. The largest absolute Gasteiger partial charge is 0.346 e. The van der Waals surface area contributed by atoms with E-state index in [0.29, 0.717) is 22.5 Å². The second-order valence-corrected chi connectivity index (χ2v) is 6.45. The molecule has 0 bridgehead atoms. The zero-order valence-corrected chi connectivity index (χ0v) is 13.5. The monoisotopic (exact) mass is 335 g/mol. The molecule has 1 aliphatic carbocycles. The van der Waals surface area contributed by atoms with Gasteiger partial charge in [0.25, 0.3) is 5.56 Å². The highest BCUT2D eigenvalue weighted by Gasteiger charge is 2.24. The summed E-state index contributed by atoms with van der Waals surface area (Å²) in [4.78, 5) is 34.5. The first-order valence-corrected chi connectivity index (χ1v) is 8.36. The van der Waals surface area contributed by atoms with Gasteiger partial charge in [-0.1, -0.05) is 6.08 Å². The van der Waals surface area contributed by atoms with Crippen molar-refractivity contribution in [2.45, 2.75) is 31.7 Å². The number of hydrogen-bond donors (Lipinski definition) is 2. The van der Waals surface area contributed by atoms with Crippen molar-refractivity contribution in [3.05, 3.63) is 51.5 Å². The molecular formula is C18H17N5O2. The summed E-state index contributed by atoms with van der Waals surface area (Å²) in [6.07, 6.45) is 10.2. The number of hydrogen-bond acceptors (Lipinski definition) is 4. The van der Waals surface area contributed by atoms with Crippen molar-refractivity contribution in [2.24, 2.45) is 5.92 Å². The number of rotatable bonds is 2. The molecule has 25 heavy (non-hydrogen) atoms. The second kappa shape index (κ2) is 6.06. The Hall–Kier alpha value is -3.14. The van der Waals surface area contributed by atoms with Crippen LogP contribution in [-0.4, -0.2) is 19.5 Å². The first-order valence-electron chi connectivity index (χ1n) is 8.36.